The molecule has 0 saturated heterocycles. The average Bonchev–Trinajstić information content (AvgIpc) is 2.06. The number of carbonyl (C=O) groups is 1. The van der Waals surface area contributed by atoms with Crippen molar-refractivity contribution in [3.63, 3.8) is 0 Å². The van der Waals surface area contributed by atoms with Gasteiger partial charge in [-0.15, -0.1) is 0 Å². The smallest absolute Gasteiger partial charge is 0.220 e. The van der Waals surface area contributed by atoms with E-state index in [1.807, 2.05) is 6.92 Å². The molecule has 1 rings (SSSR count). The van der Waals surface area contributed by atoms with Crippen LogP contribution in [0.5, 0.6) is 0 Å². The molecule has 0 aliphatic heterocycles. The molecule has 1 amide bonds. The molecule has 0 spiro atoms. The van der Waals surface area contributed by atoms with Crippen LogP contribution in [0.25, 0.3) is 0 Å². The number of nitrogens with one attached hydrogen (secondary N) is 1. The van der Waals surface area contributed by atoms with Crippen molar-refractivity contribution in [2.45, 2.75) is 45.4 Å². The molecule has 0 aromatic heterocycles. The first-order valence-corrected chi connectivity index (χ1v) is 4.47. The van der Waals surface area contributed by atoms with Gasteiger partial charge in [0, 0.05) is 6.42 Å². The predicted molar refractivity (Wildman–Crippen MR) is 44.8 cm³/mol. The van der Waals surface area contributed by atoms with Gasteiger partial charge in [0.15, 0.2) is 0 Å². The lowest BCUT2D eigenvalue weighted by Crippen LogP contribution is -2.28. The Kier molecular flexibility index (Phi) is 3.40. The van der Waals surface area contributed by atoms with Gasteiger partial charge >= 0.3 is 0 Å². The van der Waals surface area contributed by atoms with Gasteiger partial charge in [0.1, 0.15) is 0 Å². The lowest BCUT2D eigenvalue weighted by atomic mass is 9.95. The van der Waals surface area contributed by atoms with Gasteiger partial charge < -0.3 is 5.32 Å². The van der Waals surface area contributed by atoms with E-state index < -0.39 is 0 Å². The molecule has 2 heteroatoms. The molecule has 1 radical (unpaired) electrons. The van der Waals surface area contributed by atoms with Gasteiger partial charge in [0.05, 0.1) is 6.04 Å². The van der Waals surface area contributed by atoms with E-state index in [2.05, 4.69) is 5.32 Å². The summed E-state index contributed by atoms with van der Waals surface area (Å²) in [4.78, 5) is 10.9. The zero-order valence-electron chi connectivity index (χ0n) is 7.15. The van der Waals surface area contributed by atoms with Crippen LogP contribution in [0, 0.1) is 6.04 Å². The van der Waals surface area contributed by atoms with E-state index >= 15 is 0 Å². The zero-order valence-corrected chi connectivity index (χ0v) is 7.15. The van der Waals surface area contributed by atoms with Crippen molar-refractivity contribution in [2.24, 2.45) is 0 Å². The van der Waals surface area contributed by atoms with Crippen LogP contribution in [0.15, 0.2) is 0 Å². The topological polar surface area (TPSA) is 29.1 Å². The Bertz CT molecular complexity index is 128. The van der Waals surface area contributed by atoms with E-state index in [0.717, 1.165) is 12.8 Å². The minimum Gasteiger partial charge on any atom is -0.348 e. The molecule has 1 N–H and O–H groups in total. The van der Waals surface area contributed by atoms with Gasteiger partial charge in [-0.1, -0.05) is 26.2 Å². The molecule has 0 unspecified atom stereocenters. The minimum absolute atomic E-state index is 0.168. The van der Waals surface area contributed by atoms with Crippen molar-refractivity contribution in [3.8, 4) is 0 Å². The lowest BCUT2D eigenvalue weighted by Gasteiger charge is -2.21. The molecule has 0 atom stereocenters. The third-order valence-electron chi connectivity index (χ3n) is 2.09. The van der Waals surface area contributed by atoms with Crippen LogP contribution in [0.4, 0.5) is 0 Å². The molecule has 1 aliphatic carbocycles. The van der Waals surface area contributed by atoms with E-state index in [-0.39, 0.29) is 5.91 Å². The summed E-state index contributed by atoms with van der Waals surface area (Å²) < 4.78 is 0. The standard InChI is InChI=1S/C9H16NO/c1-2-9(11)10-8-6-4-3-5-7-8/h2-7H2,1H3,(H,10,11). The Hall–Kier alpha value is -0.530. The quantitative estimate of drug-likeness (QED) is 0.647. The fraction of sp³-hybridized carbons (Fsp3) is 0.778. The van der Waals surface area contributed by atoms with Crippen molar-refractivity contribution in [3.05, 3.63) is 6.04 Å². The first-order valence-electron chi connectivity index (χ1n) is 4.47. The Labute approximate surface area is 68.4 Å². The number of amides is 1. The van der Waals surface area contributed by atoms with Crippen molar-refractivity contribution < 1.29 is 4.79 Å². The minimum atomic E-state index is 0.168. The maximum absolute atomic E-state index is 10.9. The van der Waals surface area contributed by atoms with E-state index in [9.17, 15) is 4.79 Å². The van der Waals surface area contributed by atoms with E-state index in [4.69, 9.17) is 0 Å². The summed E-state index contributed by atoms with van der Waals surface area (Å²) in [5.74, 6) is 0.168. The summed E-state index contributed by atoms with van der Waals surface area (Å²) >= 11 is 0. The first kappa shape index (κ1) is 8.57. The van der Waals surface area contributed by atoms with E-state index in [1.54, 1.807) is 0 Å². The molecule has 2 nitrogen and oxygen atoms in total. The van der Waals surface area contributed by atoms with Gasteiger partial charge in [-0.05, 0) is 12.8 Å². The summed E-state index contributed by atoms with van der Waals surface area (Å²) in [6.07, 6.45) is 6.63. The second kappa shape index (κ2) is 4.37. The highest BCUT2D eigenvalue weighted by atomic mass is 16.1. The fourth-order valence-corrected chi connectivity index (χ4v) is 1.39. The zero-order chi connectivity index (χ0) is 8.10. The largest absolute Gasteiger partial charge is 0.348 e. The molecule has 0 bridgehead atoms. The SMILES string of the molecule is CCC(=O)N[C]1CCCCC1. The van der Waals surface area contributed by atoms with Crippen LogP contribution >= 0.6 is 0 Å². The normalized spacial score (nSPS) is 19.7. The second-order valence-electron chi connectivity index (χ2n) is 3.07. The Morgan fingerprint density at radius 2 is 2.00 bits per heavy atom. The van der Waals surface area contributed by atoms with E-state index in [1.165, 1.54) is 25.3 Å². The molecular formula is C9H16NO. The van der Waals surface area contributed by atoms with Gasteiger partial charge in [0.25, 0.3) is 0 Å². The number of carbonyl (C=O) groups excluding carboxylic acids is 1. The molecule has 0 heterocycles. The van der Waals surface area contributed by atoms with Crippen LogP contribution in [0.1, 0.15) is 45.4 Å². The number of rotatable bonds is 2. The van der Waals surface area contributed by atoms with Crippen LogP contribution in [0.2, 0.25) is 0 Å². The monoisotopic (exact) mass is 154 g/mol. The summed E-state index contributed by atoms with van der Waals surface area (Å²) in [5, 5.41) is 2.95. The summed E-state index contributed by atoms with van der Waals surface area (Å²) in [5.41, 5.74) is 0. The Balaban J connectivity index is 2.19. The van der Waals surface area contributed by atoms with Gasteiger partial charge in [0.2, 0.25) is 5.91 Å². The van der Waals surface area contributed by atoms with Crippen molar-refractivity contribution in [1.82, 2.24) is 5.32 Å². The molecule has 1 fully saturated rings. The maximum Gasteiger partial charge on any atom is 0.220 e. The highest BCUT2D eigenvalue weighted by Crippen LogP contribution is 2.22. The number of hydrogen-bond donors (Lipinski definition) is 1. The van der Waals surface area contributed by atoms with Crippen molar-refractivity contribution in [1.29, 1.82) is 0 Å². The third-order valence-corrected chi connectivity index (χ3v) is 2.09. The summed E-state index contributed by atoms with van der Waals surface area (Å²) in [6.45, 7) is 1.89. The Morgan fingerprint density at radius 3 is 2.55 bits per heavy atom. The highest BCUT2D eigenvalue weighted by molar-refractivity contribution is 5.76. The van der Waals surface area contributed by atoms with Crippen LogP contribution < -0.4 is 5.32 Å². The third kappa shape index (κ3) is 2.91. The first-order chi connectivity index (χ1) is 5.33. The van der Waals surface area contributed by atoms with Gasteiger partial charge in [-0.25, -0.2) is 0 Å². The van der Waals surface area contributed by atoms with Crippen LogP contribution in [0.3, 0.4) is 0 Å². The van der Waals surface area contributed by atoms with Crippen molar-refractivity contribution >= 4 is 5.91 Å². The molecule has 11 heavy (non-hydrogen) atoms. The van der Waals surface area contributed by atoms with Crippen LogP contribution in [-0.4, -0.2) is 5.91 Å². The molecule has 0 aromatic rings. The van der Waals surface area contributed by atoms with Crippen molar-refractivity contribution in [2.75, 3.05) is 0 Å². The van der Waals surface area contributed by atoms with Crippen LogP contribution in [-0.2, 0) is 4.79 Å². The molecule has 63 valence electrons. The lowest BCUT2D eigenvalue weighted by molar-refractivity contribution is -0.120. The Morgan fingerprint density at radius 1 is 1.36 bits per heavy atom. The molecule has 1 aliphatic rings. The average molecular weight is 154 g/mol. The second-order valence-corrected chi connectivity index (χ2v) is 3.07. The predicted octanol–water partition coefficient (Wildman–Crippen LogP) is 2.01. The van der Waals surface area contributed by atoms with Gasteiger partial charge in [-0.3, -0.25) is 4.79 Å². The molecule has 1 saturated carbocycles. The highest BCUT2D eigenvalue weighted by Gasteiger charge is 2.14. The van der Waals surface area contributed by atoms with E-state index in [0.29, 0.717) is 6.42 Å². The van der Waals surface area contributed by atoms with Gasteiger partial charge in [-0.2, -0.15) is 0 Å². The summed E-state index contributed by atoms with van der Waals surface area (Å²) in [7, 11) is 0. The molecule has 0 aromatic carbocycles. The fourth-order valence-electron chi connectivity index (χ4n) is 1.39. The molecular weight excluding hydrogens is 138 g/mol. The maximum atomic E-state index is 10.9. The number of hydrogen-bond acceptors (Lipinski definition) is 1. The summed E-state index contributed by atoms with van der Waals surface area (Å²) in [6, 6.07) is 1.25.